The summed E-state index contributed by atoms with van der Waals surface area (Å²) in [6.45, 7) is 3.75. The summed E-state index contributed by atoms with van der Waals surface area (Å²) in [7, 11) is 7.61. The topological polar surface area (TPSA) is 36.0 Å². The minimum absolute atomic E-state index is 0.148. The standard InChI is InChI=1S/C14H27N3O2/c1-15(2)13(18)17-7-5-14(6-8-17)9-12(10-19-4)16(3)11-14/h12H,5-11H2,1-4H3. The third kappa shape index (κ3) is 3.03. The molecule has 2 heterocycles. The summed E-state index contributed by atoms with van der Waals surface area (Å²) >= 11 is 0. The summed E-state index contributed by atoms with van der Waals surface area (Å²) in [4.78, 5) is 18.0. The zero-order chi connectivity index (χ0) is 14.0. The minimum Gasteiger partial charge on any atom is -0.383 e. The summed E-state index contributed by atoms with van der Waals surface area (Å²) in [5.41, 5.74) is 0.404. The van der Waals surface area contributed by atoms with Crippen molar-refractivity contribution in [1.82, 2.24) is 14.7 Å². The van der Waals surface area contributed by atoms with Gasteiger partial charge in [-0.1, -0.05) is 0 Å². The van der Waals surface area contributed by atoms with E-state index in [9.17, 15) is 4.79 Å². The number of rotatable bonds is 2. The van der Waals surface area contributed by atoms with E-state index in [0.29, 0.717) is 11.5 Å². The molecule has 0 saturated carbocycles. The summed E-state index contributed by atoms with van der Waals surface area (Å²) in [6, 6.07) is 0.691. The Balaban J connectivity index is 1.91. The maximum atomic E-state index is 12.0. The zero-order valence-electron chi connectivity index (χ0n) is 12.7. The van der Waals surface area contributed by atoms with Crippen LogP contribution in [0.1, 0.15) is 19.3 Å². The zero-order valence-corrected chi connectivity index (χ0v) is 12.7. The van der Waals surface area contributed by atoms with Crippen molar-refractivity contribution in [2.75, 3.05) is 54.5 Å². The number of ether oxygens (including phenoxy) is 1. The highest BCUT2D eigenvalue weighted by Gasteiger charge is 2.44. The van der Waals surface area contributed by atoms with Gasteiger partial charge >= 0.3 is 6.03 Å². The molecule has 19 heavy (non-hydrogen) atoms. The van der Waals surface area contributed by atoms with Crippen LogP contribution < -0.4 is 0 Å². The van der Waals surface area contributed by atoms with Gasteiger partial charge in [-0.3, -0.25) is 0 Å². The molecule has 5 nitrogen and oxygen atoms in total. The second kappa shape index (κ2) is 5.67. The molecule has 0 bridgehead atoms. The lowest BCUT2D eigenvalue weighted by molar-refractivity contribution is 0.108. The van der Waals surface area contributed by atoms with E-state index in [1.807, 2.05) is 19.0 Å². The summed E-state index contributed by atoms with van der Waals surface area (Å²) in [5, 5.41) is 0. The molecule has 1 unspecified atom stereocenters. The van der Waals surface area contributed by atoms with E-state index in [0.717, 1.165) is 39.1 Å². The van der Waals surface area contributed by atoms with Crippen molar-refractivity contribution in [3.63, 3.8) is 0 Å². The summed E-state index contributed by atoms with van der Waals surface area (Å²) < 4.78 is 5.31. The van der Waals surface area contributed by atoms with Crippen LogP contribution in [0.15, 0.2) is 0 Å². The molecule has 0 aromatic carbocycles. The lowest BCUT2D eigenvalue weighted by Gasteiger charge is -2.40. The molecule has 2 aliphatic rings. The molecule has 2 rings (SSSR count). The van der Waals surface area contributed by atoms with E-state index < -0.39 is 0 Å². The van der Waals surface area contributed by atoms with Crippen molar-refractivity contribution in [2.45, 2.75) is 25.3 Å². The van der Waals surface area contributed by atoms with Crippen molar-refractivity contribution < 1.29 is 9.53 Å². The molecule has 0 aromatic heterocycles. The van der Waals surface area contributed by atoms with Crippen LogP contribution in [0, 0.1) is 5.41 Å². The van der Waals surface area contributed by atoms with Crippen LogP contribution in [-0.4, -0.2) is 81.3 Å². The van der Waals surface area contributed by atoms with Gasteiger partial charge in [0.25, 0.3) is 0 Å². The first-order chi connectivity index (χ1) is 8.97. The fraction of sp³-hybridized carbons (Fsp3) is 0.929. The molecule has 0 N–H and O–H groups in total. The summed E-state index contributed by atoms with van der Waals surface area (Å²) in [5.74, 6) is 0. The maximum absolute atomic E-state index is 12.0. The molecule has 1 spiro atoms. The second-order valence-corrected chi connectivity index (χ2v) is 6.39. The lowest BCUT2D eigenvalue weighted by atomic mass is 9.76. The first-order valence-electron chi connectivity index (χ1n) is 7.13. The number of likely N-dealkylation sites (tertiary alicyclic amines) is 2. The van der Waals surface area contributed by atoms with Crippen molar-refractivity contribution in [3.05, 3.63) is 0 Å². The Morgan fingerprint density at radius 1 is 1.37 bits per heavy atom. The number of hydrogen-bond donors (Lipinski definition) is 0. The monoisotopic (exact) mass is 269 g/mol. The lowest BCUT2D eigenvalue weighted by Crippen LogP contribution is -2.47. The Morgan fingerprint density at radius 2 is 2.00 bits per heavy atom. The number of carbonyl (C=O) groups is 1. The normalized spacial score (nSPS) is 26.9. The Bertz CT molecular complexity index is 325. The van der Waals surface area contributed by atoms with Crippen LogP contribution in [0.5, 0.6) is 0 Å². The molecule has 0 aromatic rings. The molecule has 2 aliphatic heterocycles. The summed E-state index contributed by atoms with van der Waals surface area (Å²) in [6.07, 6.45) is 3.45. The van der Waals surface area contributed by atoms with E-state index in [-0.39, 0.29) is 6.03 Å². The quantitative estimate of drug-likeness (QED) is 0.753. The minimum atomic E-state index is 0.148. The third-order valence-corrected chi connectivity index (χ3v) is 4.71. The van der Waals surface area contributed by atoms with Gasteiger partial charge < -0.3 is 19.4 Å². The Morgan fingerprint density at radius 3 is 2.53 bits per heavy atom. The van der Waals surface area contributed by atoms with E-state index in [1.54, 1.807) is 12.0 Å². The number of methoxy groups -OCH3 is 1. The molecule has 0 radical (unpaired) electrons. The van der Waals surface area contributed by atoms with Crippen molar-refractivity contribution in [1.29, 1.82) is 0 Å². The van der Waals surface area contributed by atoms with E-state index in [2.05, 4.69) is 11.9 Å². The number of carbonyl (C=O) groups excluding carboxylic acids is 1. The fourth-order valence-electron chi connectivity index (χ4n) is 3.57. The number of urea groups is 1. The highest BCUT2D eigenvalue weighted by molar-refractivity contribution is 5.73. The van der Waals surface area contributed by atoms with Crippen molar-refractivity contribution in [3.8, 4) is 0 Å². The van der Waals surface area contributed by atoms with E-state index in [1.165, 1.54) is 6.42 Å². The van der Waals surface area contributed by atoms with Crippen molar-refractivity contribution >= 4 is 6.03 Å². The molecule has 1 atom stereocenters. The first kappa shape index (κ1) is 14.6. The number of nitrogens with zero attached hydrogens (tertiary/aromatic N) is 3. The number of likely N-dealkylation sites (N-methyl/N-ethyl adjacent to an activating group) is 1. The van der Waals surface area contributed by atoms with Gasteiger partial charge in [0.1, 0.15) is 0 Å². The second-order valence-electron chi connectivity index (χ2n) is 6.39. The van der Waals surface area contributed by atoms with Gasteiger partial charge in [-0.05, 0) is 31.7 Å². The molecule has 0 aliphatic carbocycles. The third-order valence-electron chi connectivity index (χ3n) is 4.71. The van der Waals surface area contributed by atoms with Crippen LogP contribution in [0.4, 0.5) is 4.79 Å². The van der Waals surface area contributed by atoms with Gasteiger partial charge in [-0.25, -0.2) is 4.79 Å². The van der Waals surface area contributed by atoms with Gasteiger partial charge in [0, 0.05) is 46.9 Å². The Labute approximate surface area is 116 Å². The van der Waals surface area contributed by atoms with Gasteiger partial charge in [-0.15, -0.1) is 0 Å². The van der Waals surface area contributed by atoms with Crippen LogP contribution >= 0.6 is 0 Å². The van der Waals surface area contributed by atoms with Gasteiger partial charge in [0.2, 0.25) is 0 Å². The van der Waals surface area contributed by atoms with Gasteiger partial charge in [0.05, 0.1) is 6.61 Å². The predicted molar refractivity (Wildman–Crippen MR) is 75.2 cm³/mol. The average molecular weight is 269 g/mol. The average Bonchev–Trinajstić information content (AvgIpc) is 2.66. The van der Waals surface area contributed by atoms with Crippen LogP contribution in [0.2, 0.25) is 0 Å². The Hall–Kier alpha value is -0.810. The largest absolute Gasteiger partial charge is 0.383 e. The molecule has 5 heteroatoms. The smallest absolute Gasteiger partial charge is 0.319 e. The van der Waals surface area contributed by atoms with E-state index in [4.69, 9.17) is 4.74 Å². The van der Waals surface area contributed by atoms with Gasteiger partial charge in [0.15, 0.2) is 0 Å². The Kier molecular flexibility index (Phi) is 4.36. The molecule has 110 valence electrons. The predicted octanol–water partition coefficient (Wildman–Crippen LogP) is 1.10. The molecule has 2 saturated heterocycles. The highest BCUT2D eigenvalue weighted by Crippen LogP contribution is 2.42. The number of hydrogen-bond acceptors (Lipinski definition) is 3. The van der Waals surface area contributed by atoms with Crippen LogP contribution in [-0.2, 0) is 4.74 Å². The maximum Gasteiger partial charge on any atom is 0.319 e. The molecule has 2 fully saturated rings. The van der Waals surface area contributed by atoms with Crippen molar-refractivity contribution in [2.24, 2.45) is 5.41 Å². The van der Waals surface area contributed by atoms with E-state index >= 15 is 0 Å². The van der Waals surface area contributed by atoms with Crippen LogP contribution in [0.3, 0.4) is 0 Å². The molecular formula is C14H27N3O2. The number of amides is 2. The van der Waals surface area contributed by atoms with Crippen LogP contribution in [0.25, 0.3) is 0 Å². The first-order valence-corrected chi connectivity index (χ1v) is 7.13. The molecule has 2 amide bonds. The highest BCUT2D eigenvalue weighted by atomic mass is 16.5. The fourth-order valence-corrected chi connectivity index (χ4v) is 3.57. The molecular weight excluding hydrogens is 242 g/mol. The van der Waals surface area contributed by atoms with Gasteiger partial charge in [-0.2, -0.15) is 0 Å². The number of piperidine rings is 1. The SMILES string of the molecule is COCC1CC2(CCN(C(=O)N(C)C)CC2)CN1C.